The molecule has 0 unspecified atom stereocenters. The Bertz CT molecular complexity index is 2010. The lowest BCUT2D eigenvalue weighted by Crippen LogP contribution is -2.02. The van der Waals surface area contributed by atoms with Gasteiger partial charge in [0.05, 0.1) is 11.0 Å². The van der Waals surface area contributed by atoms with Gasteiger partial charge in [-0.05, 0) is 42.2 Å². The molecule has 0 bridgehead atoms. The van der Waals surface area contributed by atoms with Crippen molar-refractivity contribution in [2.45, 2.75) is 26.2 Å². The number of rotatable bonds is 6. The number of benzene rings is 4. The number of para-hydroxylation sites is 2. The molecule has 4 aromatic carbocycles. The van der Waals surface area contributed by atoms with Gasteiger partial charge >= 0.3 is 0 Å². The van der Waals surface area contributed by atoms with Gasteiger partial charge in [0.25, 0.3) is 0 Å². The molecule has 0 amide bonds. The SMILES string of the molecule is CC(C)c1cccc(-n2c(-c3ccc(-c4nc(C5=CCC=CC=C5)nc(-c5ccccc5)n4)cc3)nc3ccccc32)c1. The first-order valence-electron chi connectivity index (χ1n) is 14.7. The van der Waals surface area contributed by atoms with Crippen molar-refractivity contribution >= 4 is 16.6 Å². The van der Waals surface area contributed by atoms with Crippen molar-refractivity contribution in [1.82, 2.24) is 24.5 Å². The van der Waals surface area contributed by atoms with Crippen molar-refractivity contribution < 1.29 is 0 Å². The Hall–Kier alpha value is -5.42. The van der Waals surface area contributed by atoms with Gasteiger partial charge in [-0.25, -0.2) is 19.9 Å². The summed E-state index contributed by atoms with van der Waals surface area (Å²) in [5.41, 5.74) is 8.33. The monoisotopic (exact) mass is 557 g/mol. The molecule has 0 aliphatic heterocycles. The fraction of sp³-hybridized carbons (Fsp3) is 0.105. The Labute approximate surface area is 251 Å². The number of fused-ring (bicyclic) bond motifs is 1. The van der Waals surface area contributed by atoms with Crippen LogP contribution in [0.1, 0.15) is 37.6 Å². The highest BCUT2D eigenvalue weighted by molar-refractivity contribution is 5.83. The average molecular weight is 558 g/mol. The van der Waals surface area contributed by atoms with Crippen molar-refractivity contribution in [3.05, 3.63) is 145 Å². The number of nitrogens with zero attached hydrogens (tertiary/aromatic N) is 5. The Balaban J connectivity index is 1.33. The van der Waals surface area contributed by atoms with E-state index in [4.69, 9.17) is 19.9 Å². The molecule has 0 saturated heterocycles. The van der Waals surface area contributed by atoms with Crippen LogP contribution in [-0.4, -0.2) is 24.5 Å². The summed E-state index contributed by atoms with van der Waals surface area (Å²) in [7, 11) is 0. The number of hydrogen-bond donors (Lipinski definition) is 0. The Morgan fingerprint density at radius 3 is 2.12 bits per heavy atom. The van der Waals surface area contributed by atoms with Gasteiger partial charge in [0.2, 0.25) is 0 Å². The lowest BCUT2D eigenvalue weighted by molar-refractivity contribution is 0.863. The predicted octanol–water partition coefficient (Wildman–Crippen LogP) is 9.23. The second-order valence-corrected chi connectivity index (χ2v) is 10.9. The van der Waals surface area contributed by atoms with Gasteiger partial charge < -0.3 is 0 Å². The second kappa shape index (κ2) is 11.5. The van der Waals surface area contributed by atoms with Crippen molar-refractivity contribution in [2.24, 2.45) is 0 Å². The molecule has 43 heavy (non-hydrogen) atoms. The summed E-state index contributed by atoms with van der Waals surface area (Å²) in [6.45, 7) is 4.44. The Morgan fingerprint density at radius 2 is 1.33 bits per heavy atom. The van der Waals surface area contributed by atoms with Gasteiger partial charge in [-0.1, -0.05) is 123 Å². The molecule has 1 aliphatic carbocycles. The molecule has 0 atom stereocenters. The van der Waals surface area contributed by atoms with Crippen LogP contribution in [0.15, 0.2) is 134 Å². The van der Waals surface area contributed by atoms with Crippen molar-refractivity contribution in [2.75, 3.05) is 0 Å². The predicted molar refractivity (Wildman–Crippen MR) is 176 cm³/mol. The van der Waals surface area contributed by atoms with Gasteiger partial charge in [0, 0.05) is 28.0 Å². The fourth-order valence-corrected chi connectivity index (χ4v) is 5.37. The zero-order valence-electron chi connectivity index (χ0n) is 24.2. The fourth-order valence-electron chi connectivity index (χ4n) is 5.37. The average Bonchev–Trinajstić information content (AvgIpc) is 3.23. The molecule has 208 valence electrons. The highest BCUT2D eigenvalue weighted by atomic mass is 15.1. The maximum atomic E-state index is 5.07. The summed E-state index contributed by atoms with van der Waals surface area (Å²) in [5, 5.41) is 0. The molecule has 0 radical (unpaired) electrons. The van der Waals surface area contributed by atoms with E-state index in [1.54, 1.807) is 0 Å². The standard InChI is InChI=1S/C38H31N5/c1-26(2)31-17-12-18-32(25-31)43-34-20-11-10-19-33(34)39-38(43)30-23-21-29(22-24-30)37-41-35(27-13-6-3-4-7-14-27)40-36(42-37)28-15-8-5-9-16-28/h3-6,8-26H,7H2,1-2H3. The van der Waals surface area contributed by atoms with Crippen molar-refractivity contribution in [3.63, 3.8) is 0 Å². The lowest BCUT2D eigenvalue weighted by atomic mass is 10.0. The number of aromatic nitrogens is 5. The van der Waals surface area contributed by atoms with E-state index < -0.39 is 0 Å². The van der Waals surface area contributed by atoms with E-state index in [0.717, 1.165) is 51.2 Å². The van der Waals surface area contributed by atoms with E-state index in [0.29, 0.717) is 23.4 Å². The minimum Gasteiger partial charge on any atom is -0.292 e. The van der Waals surface area contributed by atoms with Crippen LogP contribution in [0, 0.1) is 0 Å². The molecule has 2 heterocycles. The zero-order valence-corrected chi connectivity index (χ0v) is 24.2. The molecule has 6 aromatic rings. The number of hydrogen-bond acceptors (Lipinski definition) is 4. The normalized spacial score (nSPS) is 13.0. The van der Waals surface area contributed by atoms with E-state index >= 15 is 0 Å². The van der Waals surface area contributed by atoms with Crippen LogP contribution in [0.2, 0.25) is 0 Å². The summed E-state index contributed by atoms with van der Waals surface area (Å²) in [5.74, 6) is 3.29. The molecule has 5 nitrogen and oxygen atoms in total. The Kier molecular flexibility index (Phi) is 7.05. The molecular weight excluding hydrogens is 526 g/mol. The first-order chi connectivity index (χ1) is 21.1. The summed E-state index contributed by atoms with van der Waals surface area (Å²) in [6, 6.07) is 35.5. The molecule has 0 spiro atoms. The van der Waals surface area contributed by atoms with Gasteiger partial charge in [0.15, 0.2) is 17.5 Å². The van der Waals surface area contributed by atoms with E-state index in [2.05, 4.69) is 109 Å². The maximum Gasteiger partial charge on any atom is 0.164 e. The van der Waals surface area contributed by atoms with E-state index in [1.807, 2.05) is 42.5 Å². The first-order valence-corrected chi connectivity index (χ1v) is 14.7. The third-order valence-electron chi connectivity index (χ3n) is 7.68. The summed E-state index contributed by atoms with van der Waals surface area (Å²) >= 11 is 0. The van der Waals surface area contributed by atoms with Crippen LogP contribution in [0.25, 0.3) is 56.5 Å². The minimum absolute atomic E-state index is 0.434. The molecule has 2 aromatic heterocycles. The van der Waals surface area contributed by atoms with Crippen molar-refractivity contribution in [3.8, 4) is 39.9 Å². The smallest absolute Gasteiger partial charge is 0.164 e. The maximum absolute atomic E-state index is 5.07. The summed E-state index contributed by atoms with van der Waals surface area (Å²) in [4.78, 5) is 19.8. The highest BCUT2D eigenvalue weighted by Gasteiger charge is 2.17. The van der Waals surface area contributed by atoms with E-state index in [-0.39, 0.29) is 0 Å². The second-order valence-electron chi connectivity index (χ2n) is 10.9. The lowest BCUT2D eigenvalue weighted by Gasteiger charge is -2.13. The van der Waals surface area contributed by atoms with Gasteiger partial charge in [0.1, 0.15) is 5.82 Å². The van der Waals surface area contributed by atoms with Crippen LogP contribution in [0.5, 0.6) is 0 Å². The Morgan fingerprint density at radius 1 is 0.628 bits per heavy atom. The molecule has 5 heteroatoms. The van der Waals surface area contributed by atoms with Gasteiger partial charge in [-0.2, -0.15) is 0 Å². The summed E-state index contributed by atoms with van der Waals surface area (Å²) in [6.07, 6.45) is 11.2. The third-order valence-corrected chi connectivity index (χ3v) is 7.68. The van der Waals surface area contributed by atoms with E-state index in [9.17, 15) is 0 Å². The molecule has 0 N–H and O–H groups in total. The van der Waals surface area contributed by atoms with Crippen molar-refractivity contribution in [1.29, 1.82) is 0 Å². The number of imidazole rings is 1. The topological polar surface area (TPSA) is 56.5 Å². The largest absolute Gasteiger partial charge is 0.292 e. The van der Waals surface area contributed by atoms with Gasteiger partial charge in [-0.15, -0.1) is 0 Å². The molecule has 0 saturated carbocycles. The quantitative estimate of drug-likeness (QED) is 0.205. The summed E-state index contributed by atoms with van der Waals surface area (Å²) < 4.78 is 2.25. The first kappa shape index (κ1) is 26.5. The van der Waals surface area contributed by atoms with Gasteiger partial charge in [-0.3, -0.25) is 4.57 Å². The molecule has 0 fully saturated rings. The molecule has 7 rings (SSSR count). The van der Waals surface area contributed by atoms with Crippen LogP contribution in [0.3, 0.4) is 0 Å². The van der Waals surface area contributed by atoms with Crippen LogP contribution in [0.4, 0.5) is 0 Å². The highest BCUT2D eigenvalue weighted by Crippen LogP contribution is 2.32. The number of allylic oxidation sites excluding steroid dienone is 6. The van der Waals surface area contributed by atoms with Crippen LogP contribution >= 0.6 is 0 Å². The minimum atomic E-state index is 0.434. The molecule has 1 aliphatic rings. The van der Waals surface area contributed by atoms with E-state index in [1.165, 1.54) is 5.56 Å². The van der Waals surface area contributed by atoms with Crippen LogP contribution < -0.4 is 0 Å². The third kappa shape index (κ3) is 5.33. The molecular formula is C38H31N5. The zero-order chi connectivity index (χ0) is 29.2. The van der Waals surface area contributed by atoms with Crippen LogP contribution in [-0.2, 0) is 0 Å².